The minimum atomic E-state index is -1.05. The number of carbonyl (C=O) groups excluding carboxylic acids is 2. The maximum absolute atomic E-state index is 13.2. The van der Waals surface area contributed by atoms with Crippen LogP contribution >= 0.6 is 11.8 Å². The first-order chi connectivity index (χ1) is 16.3. The van der Waals surface area contributed by atoms with Crippen LogP contribution in [0.5, 0.6) is 0 Å². The quantitative estimate of drug-likeness (QED) is 0.312. The van der Waals surface area contributed by atoms with Crippen molar-refractivity contribution in [2.75, 3.05) is 10.6 Å². The lowest BCUT2D eigenvalue weighted by atomic mass is 10.1. The number of carbonyl (C=O) groups is 4. The lowest BCUT2D eigenvalue weighted by molar-refractivity contribution is -0.138. The molecule has 0 aliphatic heterocycles. The van der Waals surface area contributed by atoms with Crippen LogP contribution < -0.4 is 10.6 Å². The SMILES string of the molecule is O=C(O)CCC(=O)Nc1cccc(SC(C(=O)Nc2ccc(C(=O)O)cc2)c2ccccc2)c1. The van der Waals surface area contributed by atoms with Crippen molar-refractivity contribution in [2.45, 2.75) is 23.0 Å². The lowest BCUT2D eigenvalue weighted by Crippen LogP contribution is -2.19. The lowest BCUT2D eigenvalue weighted by Gasteiger charge is -2.18. The van der Waals surface area contributed by atoms with E-state index in [9.17, 15) is 19.2 Å². The van der Waals surface area contributed by atoms with Gasteiger partial charge in [-0.3, -0.25) is 14.4 Å². The number of carboxylic acids is 2. The molecule has 0 spiro atoms. The van der Waals surface area contributed by atoms with Gasteiger partial charge in [-0.25, -0.2) is 4.79 Å². The van der Waals surface area contributed by atoms with E-state index in [-0.39, 0.29) is 24.3 Å². The molecule has 0 fully saturated rings. The van der Waals surface area contributed by atoms with E-state index in [1.165, 1.54) is 36.0 Å². The summed E-state index contributed by atoms with van der Waals surface area (Å²) in [5, 5.41) is 22.6. The van der Waals surface area contributed by atoms with E-state index in [4.69, 9.17) is 10.2 Å². The molecule has 3 aromatic carbocycles. The highest BCUT2D eigenvalue weighted by Gasteiger charge is 2.22. The van der Waals surface area contributed by atoms with Gasteiger partial charge >= 0.3 is 11.9 Å². The van der Waals surface area contributed by atoms with Crippen LogP contribution in [0, 0.1) is 0 Å². The van der Waals surface area contributed by atoms with Gasteiger partial charge in [0.15, 0.2) is 0 Å². The molecule has 0 aromatic heterocycles. The molecular weight excluding hydrogens is 456 g/mol. The zero-order valence-corrected chi connectivity index (χ0v) is 18.7. The normalized spacial score (nSPS) is 11.3. The number of rotatable bonds is 10. The van der Waals surface area contributed by atoms with Crippen molar-refractivity contribution in [3.8, 4) is 0 Å². The molecule has 34 heavy (non-hydrogen) atoms. The Hall–Kier alpha value is -4.11. The predicted molar refractivity (Wildman–Crippen MR) is 129 cm³/mol. The fraction of sp³-hybridized carbons (Fsp3) is 0.120. The summed E-state index contributed by atoms with van der Waals surface area (Å²) in [5.41, 5.74) is 1.85. The first-order valence-electron chi connectivity index (χ1n) is 10.3. The van der Waals surface area contributed by atoms with E-state index in [0.717, 1.165) is 10.5 Å². The average molecular weight is 479 g/mol. The van der Waals surface area contributed by atoms with Crippen molar-refractivity contribution in [2.24, 2.45) is 0 Å². The van der Waals surface area contributed by atoms with Crippen LogP contribution in [-0.4, -0.2) is 34.0 Å². The number of amides is 2. The molecule has 1 unspecified atom stereocenters. The Balaban J connectivity index is 1.76. The van der Waals surface area contributed by atoms with Gasteiger partial charge in [0.1, 0.15) is 5.25 Å². The Morgan fingerprint density at radius 2 is 1.47 bits per heavy atom. The highest BCUT2D eigenvalue weighted by molar-refractivity contribution is 8.00. The number of thioether (sulfide) groups is 1. The maximum Gasteiger partial charge on any atom is 0.335 e. The average Bonchev–Trinajstić information content (AvgIpc) is 2.82. The second-order valence-corrected chi connectivity index (χ2v) is 8.43. The van der Waals surface area contributed by atoms with Gasteiger partial charge in [-0.1, -0.05) is 36.4 Å². The summed E-state index contributed by atoms with van der Waals surface area (Å²) < 4.78 is 0. The molecule has 174 valence electrons. The van der Waals surface area contributed by atoms with Gasteiger partial charge in [0.25, 0.3) is 0 Å². The zero-order valence-electron chi connectivity index (χ0n) is 17.9. The van der Waals surface area contributed by atoms with Gasteiger partial charge in [0, 0.05) is 22.7 Å². The van der Waals surface area contributed by atoms with Crippen molar-refractivity contribution in [3.63, 3.8) is 0 Å². The van der Waals surface area contributed by atoms with Crippen molar-refractivity contribution in [3.05, 3.63) is 90.0 Å². The van der Waals surface area contributed by atoms with Crippen molar-refractivity contribution in [1.29, 1.82) is 0 Å². The summed E-state index contributed by atoms with van der Waals surface area (Å²) in [5.74, 6) is -2.80. The molecule has 0 saturated carbocycles. The van der Waals surface area contributed by atoms with Crippen LogP contribution in [0.1, 0.15) is 34.0 Å². The minimum absolute atomic E-state index is 0.120. The van der Waals surface area contributed by atoms with Crippen LogP contribution in [0.4, 0.5) is 11.4 Å². The molecule has 0 aliphatic carbocycles. The molecule has 3 aromatic rings. The Kier molecular flexibility index (Phi) is 8.42. The second kappa shape index (κ2) is 11.7. The standard InChI is InChI=1S/C25H22N2O6S/c28-21(13-14-22(29)30)26-19-7-4-8-20(15-19)34-23(16-5-2-1-3-6-16)24(31)27-18-11-9-17(10-12-18)25(32)33/h1-12,15,23H,13-14H2,(H,26,28)(H,27,31)(H,29,30)(H,32,33). The first-order valence-corrected chi connectivity index (χ1v) is 11.2. The Labute approximate surface area is 200 Å². The molecular formula is C25H22N2O6S. The second-order valence-electron chi connectivity index (χ2n) is 7.25. The number of hydrogen-bond donors (Lipinski definition) is 4. The predicted octanol–water partition coefficient (Wildman–Crippen LogP) is 4.66. The molecule has 0 radical (unpaired) electrons. The molecule has 8 nitrogen and oxygen atoms in total. The monoisotopic (exact) mass is 478 g/mol. The van der Waals surface area contributed by atoms with Crippen LogP contribution in [0.25, 0.3) is 0 Å². The summed E-state index contributed by atoms with van der Waals surface area (Å²) in [6.07, 6.45) is -0.396. The van der Waals surface area contributed by atoms with E-state index < -0.39 is 23.1 Å². The van der Waals surface area contributed by atoms with Crippen LogP contribution in [0.2, 0.25) is 0 Å². The summed E-state index contributed by atoms with van der Waals surface area (Å²) >= 11 is 1.29. The Morgan fingerprint density at radius 3 is 2.12 bits per heavy atom. The molecule has 4 N–H and O–H groups in total. The third-order valence-corrected chi connectivity index (χ3v) is 5.93. The molecule has 3 rings (SSSR count). The largest absolute Gasteiger partial charge is 0.481 e. The summed E-state index contributed by atoms with van der Waals surface area (Å²) in [6.45, 7) is 0. The van der Waals surface area contributed by atoms with E-state index in [2.05, 4.69) is 10.6 Å². The maximum atomic E-state index is 13.2. The molecule has 1 atom stereocenters. The highest BCUT2D eigenvalue weighted by atomic mass is 32.2. The molecule has 2 amide bonds. The third-order valence-electron chi connectivity index (χ3n) is 4.68. The Morgan fingerprint density at radius 1 is 0.765 bits per heavy atom. The zero-order chi connectivity index (χ0) is 24.5. The minimum Gasteiger partial charge on any atom is -0.481 e. The number of nitrogens with one attached hydrogen (secondary N) is 2. The van der Waals surface area contributed by atoms with Gasteiger partial charge in [0.2, 0.25) is 11.8 Å². The van der Waals surface area contributed by atoms with Crippen LogP contribution in [0.3, 0.4) is 0 Å². The van der Waals surface area contributed by atoms with Gasteiger partial charge in [-0.05, 0) is 48.0 Å². The number of benzene rings is 3. The summed E-state index contributed by atoms with van der Waals surface area (Å²) in [4.78, 5) is 47.6. The van der Waals surface area contributed by atoms with Gasteiger partial charge < -0.3 is 20.8 Å². The number of carboxylic acid groups (broad SMARTS) is 2. The first kappa shape index (κ1) is 24.5. The molecule has 0 saturated heterocycles. The van der Waals surface area contributed by atoms with Crippen molar-refractivity contribution >= 4 is 46.9 Å². The van der Waals surface area contributed by atoms with Gasteiger partial charge in [-0.15, -0.1) is 11.8 Å². The fourth-order valence-corrected chi connectivity index (χ4v) is 4.12. The smallest absolute Gasteiger partial charge is 0.335 e. The molecule has 9 heteroatoms. The van der Waals surface area contributed by atoms with Crippen LogP contribution in [-0.2, 0) is 14.4 Å². The van der Waals surface area contributed by atoms with E-state index >= 15 is 0 Å². The fourth-order valence-electron chi connectivity index (χ4n) is 3.03. The topological polar surface area (TPSA) is 133 Å². The summed E-state index contributed by atoms with van der Waals surface area (Å²) in [7, 11) is 0. The number of anilines is 2. The van der Waals surface area contributed by atoms with Gasteiger partial charge in [-0.2, -0.15) is 0 Å². The highest BCUT2D eigenvalue weighted by Crippen LogP contribution is 2.37. The molecule has 0 bridgehead atoms. The number of hydrogen-bond acceptors (Lipinski definition) is 5. The number of aromatic carboxylic acids is 1. The van der Waals surface area contributed by atoms with Gasteiger partial charge in [0.05, 0.1) is 12.0 Å². The molecule has 0 aliphatic rings. The number of aliphatic carboxylic acids is 1. The van der Waals surface area contributed by atoms with Crippen LogP contribution in [0.15, 0.2) is 83.8 Å². The van der Waals surface area contributed by atoms with E-state index in [1.807, 2.05) is 36.4 Å². The van der Waals surface area contributed by atoms with Crippen molar-refractivity contribution < 1.29 is 29.4 Å². The van der Waals surface area contributed by atoms with E-state index in [0.29, 0.717) is 11.4 Å². The third kappa shape index (κ3) is 7.21. The molecule has 0 heterocycles. The van der Waals surface area contributed by atoms with Crippen molar-refractivity contribution in [1.82, 2.24) is 0 Å². The summed E-state index contributed by atoms with van der Waals surface area (Å²) in [6, 6.07) is 22.0. The van der Waals surface area contributed by atoms with E-state index in [1.54, 1.807) is 18.2 Å². The Bertz CT molecular complexity index is 1180.